The number of piperazine rings is 1. The molecule has 3 rings (SSSR count). The van der Waals surface area contributed by atoms with Crippen molar-refractivity contribution in [1.29, 1.82) is 0 Å². The van der Waals surface area contributed by atoms with E-state index in [1.54, 1.807) is 4.90 Å². The van der Waals surface area contributed by atoms with Crippen LogP contribution in [0.3, 0.4) is 0 Å². The summed E-state index contributed by atoms with van der Waals surface area (Å²) in [5, 5.41) is 0. The van der Waals surface area contributed by atoms with E-state index in [0.717, 1.165) is 13.1 Å². The van der Waals surface area contributed by atoms with E-state index in [0.29, 0.717) is 26.0 Å². The molecule has 8 heteroatoms. The molecule has 34 heavy (non-hydrogen) atoms. The Bertz CT molecular complexity index is 915. The smallest absolute Gasteiger partial charge is 0.444 e. The normalized spacial score (nSPS) is 20.1. The van der Waals surface area contributed by atoms with Gasteiger partial charge in [0.15, 0.2) is 0 Å². The monoisotopic (exact) mass is 473 g/mol. The molecule has 0 atom stereocenters. The minimum Gasteiger partial charge on any atom is -0.444 e. The van der Waals surface area contributed by atoms with E-state index in [-0.39, 0.29) is 24.4 Å². The van der Waals surface area contributed by atoms with Crippen LogP contribution in [-0.2, 0) is 26.9 Å². The van der Waals surface area contributed by atoms with Gasteiger partial charge in [0.05, 0.1) is 11.2 Å². The molecule has 0 unspecified atom stereocenters. The number of hydrogen-bond acceptors (Lipinski definition) is 6. The number of benzene rings is 1. The van der Waals surface area contributed by atoms with E-state index in [1.165, 1.54) is 33.5 Å². The maximum absolute atomic E-state index is 12.5. The van der Waals surface area contributed by atoms with Crippen LogP contribution in [0.25, 0.3) is 0 Å². The van der Waals surface area contributed by atoms with Crippen LogP contribution in [0.2, 0.25) is 0 Å². The maximum atomic E-state index is 12.5. The highest BCUT2D eigenvalue weighted by atomic mass is 16.7. The summed E-state index contributed by atoms with van der Waals surface area (Å²) in [6.07, 6.45) is 0.441. The SMILES string of the molecule is Cc1c(CN)c(C)c(N2CCN(C(=O)OC(C)(C)C)CC2)c(C)c1CB1OC(C)(C)C(C)(C)O1. The Morgan fingerprint density at radius 1 is 0.941 bits per heavy atom. The molecule has 0 aromatic heterocycles. The molecule has 1 aromatic rings. The summed E-state index contributed by atoms with van der Waals surface area (Å²) >= 11 is 0. The fourth-order valence-corrected chi connectivity index (χ4v) is 5.05. The molecule has 0 radical (unpaired) electrons. The third-order valence-electron chi connectivity index (χ3n) is 7.65. The number of carbonyl (C=O) groups is 1. The van der Waals surface area contributed by atoms with Crippen molar-refractivity contribution in [3.05, 3.63) is 27.8 Å². The van der Waals surface area contributed by atoms with Gasteiger partial charge in [-0.05, 0) is 97.1 Å². The van der Waals surface area contributed by atoms with E-state index in [1.807, 2.05) is 20.8 Å². The van der Waals surface area contributed by atoms with Gasteiger partial charge in [-0.25, -0.2) is 4.79 Å². The number of amides is 1. The average Bonchev–Trinajstić information content (AvgIpc) is 2.91. The highest BCUT2D eigenvalue weighted by molar-refractivity contribution is 6.45. The largest absolute Gasteiger partial charge is 0.462 e. The standard InChI is InChI=1S/C26H44BN3O4/c1-17-20(15-27-33-25(7,8)26(9,10)34-27)18(2)22(19(3)21(17)16-28)29-11-13-30(14-12-29)23(31)32-24(4,5)6/h11-16,28H2,1-10H3. The number of nitrogens with zero attached hydrogens (tertiary/aromatic N) is 2. The van der Waals surface area contributed by atoms with Gasteiger partial charge in [-0.1, -0.05) is 0 Å². The minimum absolute atomic E-state index is 0.242. The quantitative estimate of drug-likeness (QED) is 0.657. The van der Waals surface area contributed by atoms with Crippen LogP contribution in [0.1, 0.15) is 76.3 Å². The first-order valence-corrected chi connectivity index (χ1v) is 12.5. The van der Waals surface area contributed by atoms with E-state index in [9.17, 15) is 4.79 Å². The Labute approximate surface area is 206 Å². The van der Waals surface area contributed by atoms with Gasteiger partial charge >= 0.3 is 13.2 Å². The lowest BCUT2D eigenvalue weighted by Gasteiger charge is -2.39. The fraction of sp³-hybridized carbons (Fsp3) is 0.731. The van der Waals surface area contributed by atoms with Gasteiger partial charge in [0.25, 0.3) is 0 Å². The Kier molecular flexibility index (Phi) is 7.39. The minimum atomic E-state index is -0.489. The molecule has 0 aliphatic carbocycles. The van der Waals surface area contributed by atoms with Crippen molar-refractivity contribution < 1.29 is 18.8 Å². The highest BCUT2D eigenvalue weighted by Gasteiger charge is 2.51. The van der Waals surface area contributed by atoms with Gasteiger partial charge < -0.3 is 29.6 Å². The second kappa shape index (κ2) is 9.36. The predicted molar refractivity (Wildman–Crippen MR) is 138 cm³/mol. The lowest BCUT2D eigenvalue weighted by Crippen LogP contribution is -2.50. The van der Waals surface area contributed by atoms with Crippen LogP contribution in [0.15, 0.2) is 0 Å². The van der Waals surface area contributed by atoms with Crippen molar-refractivity contribution in [2.24, 2.45) is 5.73 Å². The molecule has 1 amide bonds. The van der Waals surface area contributed by atoms with E-state index < -0.39 is 5.60 Å². The molecule has 2 aliphatic heterocycles. The summed E-state index contributed by atoms with van der Waals surface area (Å²) < 4.78 is 18.2. The summed E-state index contributed by atoms with van der Waals surface area (Å²) in [6.45, 7) is 23.8. The van der Waals surface area contributed by atoms with Crippen molar-refractivity contribution in [3.63, 3.8) is 0 Å². The molecule has 2 heterocycles. The predicted octanol–water partition coefficient (Wildman–Crippen LogP) is 4.30. The zero-order chi connectivity index (χ0) is 25.6. The first-order valence-electron chi connectivity index (χ1n) is 12.5. The van der Waals surface area contributed by atoms with Gasteiger partial charge in [-0.3, -0.25) is 0 Å². The van der Waals surface area contributed by atoms with Crippen molar-refractivity contribution in [1.82, 2.24) is 4.90 Å². The van der Waals surface area contributed by atoms with Crippen LogP contribution in [0.5, 0.6) is 0 Å². The summed E-state index contributed by atoms with van der Waals surface area (Å²) in [6, 6.07) is 0. The Hall–Kier alpha value is -1.77. The molecule has 0 saturated carbocycles. The maximum Gasteiger partial charge on any atom is 0.462 e. The summed E-state index contributed by atoms with van der Waals surface area (Å²) in [7, 11) is -0.299. The molecular weight excluding hydrogens is 429 g/mol. The van der Waals surface area contributed by atoms with Gasteiger partial charge in [-0.2, -0.15) is 0 Å². The number of rotatable bonds is 4. The number of hydrogen-bond donors (Lipinski definition) is 1. The summed E-state index contributed by atoms with van der Waals surface area (Å²) in [5.41, 5.74) is 12.4. The highest BCUT2D eigenvalue weighted by Crippen LogP contribution is 2.40. The molecule has 0 bridgehead atoms. The van der Waals surface area contributed by atoms with E-state index >= 15 is 0 Å². The van der Waals surface area contributed by atoms with Crippen molar-refractivity contribution in [2.45, 2.75) is 98.9 Å². The molecule has 0 spiro atoms. The Morgan fingerprint density at radius 2 is 1.44 bits per heavy atom. The van der Waals surface area contributed by atoms with Crippen LogP contribution >= 0.6 is 0 Å². The first kappa shape index (κ1) is 26.8. The third kappa shape index (κ3) is 5.24. The van der Waals surface area contributed by atoms with Gasteiger partial charge in [-0.15, -0.1) is 0 Å². The second-order valence-electron chi connectivity index (χ2n) is 11.7. The molecule has 7 nitrogen and oxygen atoms in total. The van der Waals surface area contributed by atoms with Crippen molar-refractivity contribution in [3.8, 4) is 0 Å². The lowest BCUT2D eigenvalue weighted by atomic mass is 9.75. The van der Waals surface area contributed by atoms with Gasteiger partial charge in [0.2, 0.25) is 0 Å². The number of anilines is 1. The molecule has 2 N–H and O–H groups in total. The number of nitrogens with two attached hydrogens (primary N) is 1. The molecule has 2 aliphatic rings. The molecule has 2 fully saturated rings. The van der Waals surface area contributed by atoms with Crippen LogP contribution in [-0.4, -0.2) is 61.1 Å². The summed E-state index contributed by atoms with van der Waals surface area (Å²) in [5.74, 6) is 0. The molecule has 2 saturated heterocycles. The average molecular weight is 473 g/mol. The van der Waals surface area contributed by atoms with Crippen LogP contribution < -0.4 is 10.6 Å². The Balaban J connectivity index is 1.86. The fourth-order valence-electron chi connectivity index (χ4n) is 5.05. The second-order valence-corrected chi connectivity index (χ2v) is 11.7. The van der Waals surface area contributed by atoms with Gasteiger partial charge in [0, 0.05) is 44.7 Å². The van der Waals surface area contributed by atoms with Crippen molar-refractivity contribution >= 4 is 18.9 Å². The molecule has 1 aromatic carbocycles. The third-order valence-corrected chi connectivity index (χ3v) is 7.65. The first-order chi connectivity index (χ1) is 15.6. The van der Waals surface area contributed by atoms with E-state index in [2.05, 4.69) is 53.4 Å². The number of carbonyl (C=O) groups excluding carboxylic acids is 1. The van der Waals surface area contributed by atoms with Crippen molar-refractivity contribution in [2.75, 3.05) is 31.1 Å². The van der Waals surface area contributed by atoms with Crippen LogP contribution in [0.4, 0.5) is 10.5 Å². The topological polar surface area (TPSA) is 77.3 Å². The zero-order valence-electron chi connectivity index (χ0n) is 22.9. The molecule has 190 valence electrons. The zero-order valence-corrected chi connectivity index (χ0v) is 22.9. The lowest BCUT2D eigenvalue weighted by molar-refractivity contribution is 0.00578. The van der Waals surface area contributed by atoms with E-state index in [4.69, 9.17) is 19.8 Å². The van der Waals surface area contributed by atoms with Gasteiger partial charge in [0.1, 0.15) is 5.60 Å². The number of ether oxygens (including phenoxy) is 1. The molecular formula is C26H44BN3O4. The Morgan fingerprint density at radius 3 is 1.91 bits per heavy atom. The summed E-state index contributed by atoms with van der Waals surface area (Å²) in [4.78, 5) is 16.7. The van der Waals surface area contributed by atoms with Crippen LogP contribution in [0, 0.1) is 20.8 Å².